The molecule has 2 aliphatic rings. The van der Waals surface area contributed by atoms with Crippen molar-refractivity contribution in [3.63, 3.8) is 0 Å². The van der Waals surface area contributed by atoms with Crippen LogP contribution in [0.5, 0.6) is 0 Å². The molecular formula is C19H16N2O3. The summed E-state index contributed by atoms with van der Waals surface area (Å²) in [6.45, 7) is 0. The van der Waals surface area contributed by atoms with Crippen molar-refractivity contribution >= 4 is 23.5 Å². The van der Waals surface area contributed by atoms with Crippen LogP contribution in [0.25, 0.3) is 0 Å². The third-order valence-corrected chi connectivity index (χ3v) is 4.67. The van der Waals surface area contributed by atoms with Crippen LogP contribution in [-0.4, -0.2) is 22.7 Å². The topological polar surface area (TPSA) is 57.7 Å². The number of hydrogen-bond acceptors (Lipinski definition) is 3. The van der Waals surface area contributed by atoms with Crippen molar-refractivity contribution in [1.29, 1.82) is 0 Å². The second-order valence-corrected chi connectivity index (χ2v) is 6.04. The number of carbonyl (C=O) groups is 3. The van der Waals surface area contributed by atoms with Crippen molar-refractivity contribution in [2.24, 2.45) is 0 Å². The average molecular weight is 320 g/mol. The van der Waals surface area contributed by atoms with Gasteiger partial charge in [-0.1, -0.05) is 42.5 Å². The predicted molar refractivity (Wildman–Crippen MR) is 88.3 cm³/mol. The summed E-state index contributed by atoms with van der Waals surface area (Å²) < 4.78 is 0. The number of aryl methyl sites for hydroxylation is 1. The molecule has 0 bridgehead atoms. The SMILES string of the molecule is O=C1C(=O)N(C2CCCc3ccccc32)C(=O)N1c1ccccc1. The Morgan fingerprint density at radius 2 is 1.54 bits per heavy atom. The molecule has 1 saturated heterocycles. The molecule has 1 aliphatic carbocycles. The molecule has 0 aromatic heterocycles. The number of para-hydroxylation sites is 1. The van der Waals surface area contributed by atoms with E-state index in [4.69, 9.17) is 0 Å². The van der Waals surface area contributed by atoms with E-state index in [2.05, 4.69) is 0 Å². The van der Waals surface area contributed by atoms with E-state index in [9.17, 15) is 14.4 Å². The number of imide groups is 2. The molecule has 0 N–H and O–H groups in total. The van der Waals surface area contributed by atoms with Gasteiger partial charge >= 0.3 is 17.8 Å². The van der Waals surface area contributed by atoms with Gasteiger partial charge in [0.15, 0.2) is 0 Å². The van der Waals surface area contributed by atoms with E-state index in [1.165, 1.54) is 0 Å². The molecule has 5 heteroatoms. The second-order valence-electron chi connectivity index (χ2n) is 6.04. The number of urea groups is 1. The average Bonchev–Trinajstić information content (AvgIpc) is 2.84. The Kier molecular flexibility index (Phi) is 3.41. The van der Waals surface area contributed by atoms with Crippen LogP contribution in [0, 0.1) is 0 Å². The quantitative estimate of drug-likeness (QED) is 0.631. The maximum Gasteiger partial charge on any atom is 0.339 e. The number of nitrogens with zero attached hydrogens (tertiary/aromatic N) is 2. The van der Waals surface area contributed by atoms with Crippen molar-refractivity contribution in [2.45, 2.75) is 25.3 Å². The zero-order valence-corrected chi connectivity index (χ0v) is 13.0. The number of amides is 4. The van der Waals surface area contributed by atoms with Crippen LogP contribution in [0.1, 0.15) is 30.0 Å². The fourth-order valence-electron chi connectivity index (χ4n) is 3.56. The van der Waals surface area contributed by atoms with Crippen LogP contribution in [0.4, 0.5) is 10.5 Å². The molecule has 4 rings (SSSR count). The van der Waals surface area contributed by atoms with Crippen molar-refractivity contribution in [2.75, 3.05) is 4.90 Å². The molecule has 24 heavy (non-hydrogen) atoms. The zero-order valence-electron chi connectivity index (χ0n) is 13.0. The molecule has 2 aromatic carbocycles. The molecule has 2 aromatic rings. The highest BCUT2D eigenvalue weighted by Crippen LogP contribution is 2.37. The lowest BCUT2D eigenvalue weighted by molar-refractivity contribution is -0.140. The van der Waals surface area contributed by atoms with E-state index in [0.717, 1.165) is 33.8 Å². The minimum absolute atomic E-state index is 0.368. The molecule has 0 saturated carbocycles. The first kappa shape index (κ1) is 14.6. The molecule has 1 heterocycles. The van der Waals surface area contributed by atoms with Gasteiger partial charge in [-0.25, -0.2) is 14.6 Å². The van der Waals surface area contributed by atoms with E-state index in [-0.39, 0.29) is 6.04 Å². The monoisotopic (exact) mass is 320 g/mol. The molecule has 1 atom stereocenters. The summed E-state index contributed by atoms with van der Waals surface area (Å²) in [4.78, 5) is 39.9. The minimum Gasteiger partial charge on any atom is -0.263 e. The number of hydrogen-bond donors (Lipinski definition) is 0. The summed E-state index contributed by atoms with van der Waals surface area (Å²) in [5, 5.41) is 0. The van der Waals surface area contributed by atoms with Gasteiger partial charge < -0.3 is 0 Å². The standard InChI is InChI=1S/C19H16N2O3/c22-17-18(23)21(19(24)20(17)14-9-2-1-3-10-14)16-12-6-8-13-7-4-5-11-15(13)16/h1-5,7,9-11,16H,6,8,12H2. The number of rotatable bonds is 2. The summed E-state index contributed by atoms with van der Waals surface area (Å²) in [5.74, 6) is -1.53. The van der Waals surface area contributed by atoms with Crippen molar-refractivity contribution in [3.05, 3.63) is 65.7 Å². The zero-order chi connectivity index (χ0) is 16.7. The fourth-order valence-corrected chi connectivity index (χ4v) is 3.56. The Morgan fingerprint density at radius 1 is 0.833 bits per heavy atom. The van der Waals surface area contributed by atoms with Crippen LogP contribution in [0.3, 0.4) is 0 Å². The normalized spacial score (nSPS) is 20.5. The van der Waals surface area contributed by atoms with Crippen LogP contribution >= 0.6 is 0 Å². The first-order valence-corrected chi connectivity index (χ1v) is 8.03. The Bertz CT molecular complexity index is 832. The third kappa shape index (κ3) is 2.12. The van der Waals surface area contributed by atoms with Gasteiger partial charge in [-0.2, -0.15) is 0 Å². The van der Waals surface area contributed by atoms with Gasteiger partial charge in [0, 0.05) is 0 Å². The van der Waals surface area contributed by atoms with Gasteiger partial charge in [0.05, 0.1) is 11.7 Å². The van der Waals surface area contributed by atoms with E-state index < -0.39 is 17.8 Å². The number of anilines is 1. The summed E-state index contributed by atoms with van der Waals surface area (Å²) in [6, 6.07) is 15.5. The molecule has 120 valence electrons. The van der Waals surface area contributed by atoms with Crippen LogP contribution < -0.4 is 4.90 Å². The summed E-state index contributed by atoms with van der Waals surface area (Å²) >= 11 is 0. The maximum absolute atomic E-state index is 12.8. The molecule has 1 fully saturated rings. The van der Waals surface area contributed by atoms with Crippen molar-refractivity contribution in [1.82, 2.24) is 4.90 Å². The lowest BCUT2D eigenvalue weighted by Crippen LogP contribution is -2.37. The van der Waals surface area contributed by atoms with Crippen molar-refractivity contribution < 1.29 is 14.4 Å². The Balaban J connectivity index is 1.74. The summed E-state index contributed by atoms with van der Waals surface area (Å²) in [6.07, 6.45) is 2.50. The molecule has 0 radical (unpaired) electrons. The second kappa shape index (κ2) is 5.60. The van der Waals surface area contributed by atoms with E-state index in [1.54, 1.807) is 30.3 Å². The molecule has 4 amide bonds. The molecular weight excluding hydrogens is 304 g/mol. The lowest BCUT2D eigenvalue weighted by atomic mass is 9.87. The number of fused-ring (bicyclic) bond motifs is 1. The summed E-state index contributed by atoms with van der Waals surface area (Å²) in [7, 11) is 0. The Hall–Kier alpha value is -2.95. The first-order valence-electron chi connectivity index (χ1n) is 8.03. The van der Waals surface area contributed by atoms with E-state index in [0.29, 0.717) is 12.1 Å². The van der Waals surface area contributed by atoms with Gasteiger partial charge in [0.25, 0.3) is 0 Å². The number of benzene rings is 2. The highest BCUT2D eigenvalue weighted by molar-refractivity contribution is 6.52. The highest BCUT2D eigenvalue weighted by atomic mass is 16.2. The van der Waals surface area contributed by atoms with Gasteiger partial charge in [-0.3, -0.25) is 9.59 Å². The largest absolute Gasteiger partial charge is 0.339 e. The number of carbonyl (C=O) groups excluding carboxylic acids is 3. The smallest absolute Gasteiger partial charge is 0.263 e. The highest BCUT2D eigenvalue weighted by Gasteiger charge is 2.49. The van der Waals surface area contributed by atoms with Gasteiger partial charge in [0.1, 0.15) is 0 Å². The minimum atomic E-state index is -0.783. The van der Waals surface area contributed by atoms with Gasteiger partial charge in [0.2, 0.25) is 0 Å². The van der Waals surface area contributed by atoms with Crippen LogP contribution in [0.15, 0.2) is 54.6 Å². The molecule has 1 unspecified atom stereocenters. The molecule has 0 spiro atoms. The lowest BCUT2D eigenvalue weighted by Gasteiger charge is -2.31. The summed E-state index contributed by atoms with van der Waals surface area (Å²) in [5.41, 5.74) is 2.53. The van der Waals surface area contributed by atoms with Crippen molar-refractivity contribution in [3.8, 4) is 0 Å². The van der Waals surface area contributed by atoms with Crippen LogP contribution in [0.2, 0.25) is 0 Å². The van der Waals surface area contributed by atoms with Gasteiger partial charge in [-0.15, -0.1) is 0 Å². The predicted octanol–water partition coefficient (Wildman–Crippen LogP) is 3.06. The molecule has 5 nitrogen and oxygen atoms in total. The Morgan fingerprint density at radius 3 is 2.33 bits per heavy atom. The maximum atomic E-state index is 12.8. The van der Waals surface area contributed by atoms with Gasteiger partial charge in [-0.05, 0) is 42.5 Å². The fraction of sp³-hybridized carbons (Fsp3) is 0.211. The Labute approximate surface area is 139 Å². The van der Waals surface area contributed by atoms with E-state index >= 15 is 0 Å². The van der Waals surface area contributed by atoms with Crippen LogP contribution in [-0.2, 0) is 16.0 Å². The third-order valence-electron chi connectivity index (χ3n) is 4.67. The van der Waals surface area contributed by atoms with E-state index in [1.807, 2.05) is 24.3 Å². The first-order chi connectivity index (χ1) is 11.7. The molecule has 1 aliphatic heterocycles.